The van der Waals surface area contributed by atoms with Gasteiger partial charge in [-0.25, -0.2) is 4.79 Å². The maximum Gasteiger partial charge on any atom is 0.410 e. The minimum atomic E-state index is -0.470. The van der Waals surface area contributed by atoms with Gasteiger partial charge in [-0.1, -0.05) is 6.07 Å². The van der Waals surface area contributed by atoms with Crippen LogP contribution >= 0.6 is 0 Å². The molecule has 2 heterocycles. The van der Waals surface area contributed by atoms with Crippen LogP contribution in [0, 0.1) is 0 Å². The van der Waals surface area contributed by atoms with E-state index in [0.717, 1.165) is 36.0 Å². The summed E-state index contributed by atoms with van der Waals surface area (Å²) in [6, 6.07) is 8.02. The third kappa shape index (κ3) is 3.60. The number of hydrogen-bond acceptors (Lipinski definition) is 3. The van der Waals surface area contributed by atoms with Crippen molar-refractivity contribution in [1.29, 1.82) is 0 Å². The van der Waals surface area contributed by atoms with Gasteiger partial charge in [0.1, 0.15) is 18.0 Å². The summed E-state index contributed by atoms with van der Waals surface area (Å²) < 4.78 is 11.5. The summed E-state index contributed by atoms with van der Waals surface area (Å²) in [6.07, 6.45) is 3.59. The third-order valence-corrected chi connectivity index (χ3v) is 3.99. The van der Waals surface area contributed by atoms with E-state index >= 15 is 0 Å². The summed E-state index contributed by atoms with van der Waals surface area (Å²) in [6.45, 7) is 6.89. The van der Waals surface area contributed by atoms with Gasteiger partial charge < -0.3 is 19.4 Å². The molecule has 0 radical (unpaired) electrons. The van der Waals surface area contributed by atoms with E-state index in [-0.39, 0.29) is 12.1 Å². The summed E-state index contributed by atoms with van der Waals surface area (Å²) in [4.78, 5) is 17.3. The van der Waals surface area contributed by atoms with Crippen molar-refractivity contribution in [2.24, 2.45) is 0 Å². The Balaban J connectivity index is 1.65. The fraction of sp³-hybridized carbons (Fsp3) is 0.500. The first kappa shape index (κ1) is 15.7. The van der Waals surface area contributed by atoms with Crippen LogP contribution in [0.5, 0.6) is 5.75 Å². The molecule has 5 nitrogen and oxygen atoms in total. The number of fused-ring (bicyclic) bond motifs is 1. The monoisotopic (exact) mass is 316 g/mol. The van der Waals surface area contributed by atoms with E-state index in [4.69, 9.17) is 9.47 Å². The molecule has 1 aromatic carbocycles. The quantitative estimate of drug-likeness (QED) is 0.933. The number of benzene rings is 1. The van der Waals surface area contributed by atoms with E-state index in [1.54, 1.807) is 4.90 Å². The SMILES string of the molecule is CC(C)(C)OC(=O)N1CCCC1COc1cccc2[nH]ccc12. The number of likely N-dealkylation sites (tertiary alicyclic amines) is 1. The maximum atomic E-state index is 12.3. The number of nitrogens with one attached hydrogen (secondary N) is 1. The first-order valence-corrected chi connectivity index (χ1v) is 8.12. The van der Waals surface area contributed by atoms with Gasteiger partial charge in [-0.3, -0.25) is 0 Å². The zero-order chi connectivity index (χ0) is 16.4. The molecule has 0 spiro atoms. The van der Waals surface area contributed by atoms with E-state index in [1.807, 2.05) is 51.2 Å². The minimum Gasteiger partial charge on any atom is -0.491 e. The molecule has 5 heteroatoms. The molecule has 1 atom stereocenters. The third-order valence-electron chi connectivity index (χ3n) is 3.99. The minimum absolute atomic E-state index is 0.0686. The molecular formula is C18H24N2O3. The van der Waals surface area contributed by atoms with Crippen LogP contribution in [0.1, 0.15) is 33.6 Å². The topological polar surface area (TPSA) is 54.6 Å². The largest absolute Gasteiger partial charge is 0.491 e. The fourth-order valence-electron chi connectivity index (χ4n) is 2.94. The van der Waals surface area contributed by atoms with Crippen molar-refractivity contribution in [2.45, 2.75) is 45.3 Å². The fourth-order valence-corrected chi connectivity index (χ4v) is 2.94. The molecule has 1 aromatic heterocycles. The van der Waals surface area contributed by atoms with Crippen LogP contribution in [-0.2, 0) is 4.74 Å². The normalized spacial score (nSPS) is 18.4. The van der Waals surface area contributed by atoms with Crippen LogP contribution in [0.4, 0.5) is 4.79 Å². The molecule has 1 N–H and O–H groups in total. The Bertz CT molecular complexity index is 687. The lowest BCUT2D eigenvalue weighted by Crippen LogP contribution is -2.42. The standard InChI is InChI=1S/C18H24N2O3/c1-18(2,3)23-17(21)20-11-5-6-13(20)12-22-16-8-4-7-15-14(16)9-10-19-15/h4,7-10,13,19H,5-6,11-12H2,1-3H3. The van der Waals surface area contributed by atoms with Crippen molar-refractivity contribution in [3.05, 3.63) is 30.5 Å². The molecule has 124 valence electrons. The average Bonchev–Trinajstić information content (AvgIpc) is 3.12. The Morgan fingerprint density at radius 2 is 2.17 bits per heavy atom. The van der Waals surface area contributed by atoms with E-state index in [2.05, 4.69) is 4.98 Å². The second-order valence-electron chi connectivity index (χ2n) is 6.98. The van der Waals surface area contributed by atoms with Crippen molar-refractivity contribution in [2.75, 3.05) is 13.2 Å². The molecule has 2 aromatic rings. The summed E-state index contributed by atoms with van der Waals surface area (Å²) in [7, 11) is 0. The number of ether oxygens (including phenoxy) is 2. The number of aromatic amines is 1. The number of carbonyl (C=O) groups excluding carboxylic acids is 1. The number of hydrogen-bond donors (Lipinski definition) is 1. The lowest BCUT2D eigenvalue weighted by molar-refractivity contribution is 0.0188. The smallest absolute Gasteiger partial charge is 0.410 e. The van der Waals surface area contributed by atoms with Gasteiger partial charge >= 0.3 is 6.09 Å². The summed E-state index contributed by atoms with van der Waals surface area (Å²) in [5.41, 5.74) is 0.583. The molecule has 0 bridgehead atoms. The zero-order valence-electron chi connectivity index (χ0n) is 14.0. The number of rotatable bonds is 3. The van der Waals surface area contributed by atoms with Crippen molar-refractivity contribution in [3.8, 4) is 5.75 Å². The number of amides is 1. The van der Waals surface area contributed by atoms with Gasteiger partial charge in [0.25, 0.3) is 0 Å². The van der Waals surface area contributed by atoms with E-state index in [0.29, 0.717) is 6.61 Å². The number of nitrogens with zero attached hydrogens (tertiary/aromatic N) is 1. The molecule has 0 aliphatic carbocycles. The van der Waals surface area contributed by atoms with Crippen LogP contribution in [0.15, 0.2) is 30.5 Å². The van der Waals surface area contributed by atoms with E-state index in [1.165, 1.54) is 0 Å². The summed E-state index contributed by atoms with van der Waals surface area (Å²) in [5.74, 6) is 0.847. The number of carbonyl (C=O) groups is 1. The predicted octanol–water partition coefficient (Wildman–Crippen LogP) is 3.95. The first-order valence-electron chi connectivity index (χ1n) is 8.12. The average molecular weight is 316 g/mol. The maximum absolute atomic E-state index is 12.3. The Hall–Kier alpha value is -2.17. The summed E-state index contributed by atoms with van der Waals surface area (Å²) in [5, 5.41) is 1.06. The van der Waals surface area contributed by atoms with Crippen LogP contribution in [0.2, 0.25) is 0 Å². The van der Waals surface area contributed by atoms with E-state index in [9.17, 15) is 4.79 Å². The van der Waals surface area contributed by atoms with Crippen molar-refractivity contribution in [1.82, 2.24) is 9.88 Å². The highest BCUT2D eigenvalue weighted by atomic mass is 16.6. The lowest BCUT2D eigenvalue weighted by Gasteiger charge is -2.28. The van der Waals surface area contributed by atoms with Crippen LogP contribution in [0.25, 0.3) is 10.9 Å². The molecule has 1 saturated heterocycles. The van der Waals surface area contributed by atoms with Crippen LogP contribution in [0.3, 0.4) is 0 Å². The lowest BCUT2D eigenvalue weighted by atomic mass is 10.2. The van der Waals surface area contributed by atoms with Gasteiger partial charge in [-0.05, 0) is 51.8 Å². The molecule has 23 heavy (non-hydrogen) atoms. The molecule has 1 aliphatic rings. The Morgan fingerprint density at radius 1 is 1.35 bits per heavy atom. The molecule has 1 fully saturated rings. The number of H-pyrrole nitrogens is 1. The highest BCUT2D eigenvalue weighted by molar-refractivity contribution is 5.85. The highest BCUT2D eigenvalue weighted by Gasteiger charge is 2.32. The van der Waals surface area contributed by atoms with Crippen LogP contribution in [-0.4, -0.2) is 40.8 Å². The first-order chi connectivity index (χ1) is 10.9. The van der Waals surface area contributed by atoms with Gasteiger partial charge in [0, 0.05) is 23.6 Å². The highest BCUT2D eigenvalue weighted by Crippen LogP contribution is 2.26. The van der Waals surface area contributed by atoms with E-state index < -0.39 is 5.60 Å². The molecule has 1 amide bonds. The van der Waals surface area contributed by atoms with Gasteiger partial charge in [0.2, 0.25) is 0 Å². The van der Waals surface area contributed by atoms with Gasteiger partial charge in [0.15, 0.2) is 0 Å². The van der Waals surface area contributed by atoms with Crippen molar-refractivity contribution >= 4 is 17.0 Å². The predicted molar refractivity (Wildman–Crippen MR) is 89.8 cm³/mol. The molecule has 3 rings (SSSR count). The Kier molecular flexibility index (Phi) is 4.20. The Labute approximate surface area is 136 Å². The van der Waals surface area contributed by atoms with Gasteiger partial charge in [-0.15, -0.1) is 0 Å². The molecular weight excluding hydrogens is 292 g/mol. The van der Waals surface area contributed by atoms with Gasteiger partial charge in [0.05, 0.1) is 6.04 Å². The zero-order valence-corrected chi connectivity index (χ0v) is 14.0. The summed E-state index contributed by atoms with van der Waals surface area (Å²) >= 11 is 0. The van der Waals surface area contributed by atoms with Crippen molar-refractivity contribution < 1.29 is 14.3 Å². The second kappa shape index (κ2) is 6.14. The van der Waals surface area contributed by atoms with Crippen LogP contribution < -0.4 is 4.74 Å². The molecule has 1 unspecified atom stereocenters. The second-order valence-corrected chi connectivity index (χ2v) is 6.98. The number of aromatic nitrogens is 1. The molecule has 0 saturated carbocycles. The van der Waals surface area contributed by atoms with Crippen molar-refractivity contribution in [3.63, 3.8) is 0 Å². The molecule has 1 aliphatic heterocycles. The van der Waals surface area contributed by atoms with Gasteiger partial charge in [-0.2, -0.15) is 0 Å². The Morgan fingerprint density at radius 3 is 2.96 bits per heavy atom.